The largest absolute Gasteiger partial charge is 0.492 e. The van der Waals surface area contributed by atoms with E-state index in [2.05, 4.69) is 49.1 Å². The predicted molar refractivity (Wildman–Crippen MR) is 143 cm³/mol. The van der Waals surface area contributed by atoms with Gasteiger partial charge in [0.1, 0.15) is 22.3 Å². The Bertz CT molecular complexity index is 1560. The molecule has 0 radical (unpaired) electrons. The standard InChI is InChI=1S/C28H26N6O2S/c1-3-36-21-10-11-23(30-16-21)27-33-32-26(34(27)24-12-9-17(2)37-24)19-14-20(15-19)31-28(35)22-8-4-6-18-7-5-13-29-25(18)22/h4-13,16,19-20H,3,14-15H2,1-2H3,(H,31,35)/t19-,20-. The van der Waals surface area contributed by atoms with Gasteiger partial charge in [-0.05, 0) is 63.1 Å². The van der Waals surface area contributed by atoms with Gasteiger partial charge >= 0.3 is 0 Å². The molecule has 1 amide bonds. The fraction of sp³-hybridized carbons (Fsp3) is 0.250. The molecule has 1 aromatic carbocycles. The van der Waals surface area contributed by atoms with Crippen LogP contribution in [0.1, 0.15) is 46.7 Å². The van der Waals surface area contributed by atoms with Gasteiger partial charge < -0.3 is 10.1 Å². The number of nitrogens with one attached hydrogen (secondary N) is 1. The molecule has 0 atom stereocenters. The molecule has 1 N–H and O–H groups in total. The van der Waals surface area contributed by atoms with Gasteiger partial charge in [0.05, 0.1) is 23.9 Å². The van der Waals surface area contributed by atoms with Crippen molar-refractivity contribution in [3.05, 3.63) is 83.3 Å². The molecule has 0 spiro atoms. The van der Waals surface area contributed by atoms with E-state index >= 15 is 0 Å². The van der Waals surface area contributed by atoms with Crippen LogP contribution in [0.2, 0.25) is 0 Å². The minimum atomic E-state index is -0.0950. The van der Waals surface area contributed by atoms with Crippen LogP contribution in [0, 0.1) is 6.92 Å². The number of nitrogens with zero attached hydrogens (tertiary/aromatic N) is 5. The number of amides is 1. The van der Waals surface area contributed by atoms with Crippen molar-refractivity contribution in [3.8, 4) is 22.3 Å². The van der Waals surface area contributed by atoms with Gasteiger partial charge in [-0.25, -0.2) is 4.98 Å². The Morgan fingerprint density at radius 1 is 1.08 bits per heavy atom. The average molecular weight is 511 g/mol. The second kappa shape index (κ2) is 9.74. The zero-order valence-electron chi connectivity index (χ0n) is 20.6. The van der Waals surface area contributed by atoms with Gasteiger partial charge in [-0.3, -0.25) is 14.3 Å². The number of hydrogen-bond acceptors (Lipinski definition) is 7. The second-order valence-corrected chi connectivity index (χ2v) is 10.4. The molecule has 4 heterocycles. The fourth-order valence-corrected chi connectivity index (χ4v) is 5.62. The Hall–Kier alpha value is -4.11. The summed E-state index contributed by atoms with van der Waals surface area (Å²) >= 11 is 1.70. The van der Waals surface area contributed by atoms with Gasteiger partial charge in [-0.1, -0.05) is 18.2 Å². The first-order chi connectivity index (χ1) is 18.1. The van der Waals surface area contributed by atoms with Gasteiger partial charge in [0.15, 0.2) is 5.82 Å². The molecule has 8 nitrogen and oxygen atoms in total. The Morgan fingerprint density at radius 2 is 1.95 bits per heavy atom. The summed E-state index contributed by atoms with van der Waals surface area (Å²) in [6, 6.07) is 17.6. The van der Waals surface area contributed by atoms with Crippen molar-refractivity contribution in [2.45, 2.75) is 38.6 Å². The number of hydrogen-bond donors (Lipinski definition) is 1. The molecule has 1 aliphatic rings. The number of aryl methyl sites for hydroxylation is 1. The molecule has 0 saturated heterocycles. The van der Waals surface area contributed by atoms with Gasteiger partial charge in [0.25, 0.3) is 5.91 Å². The summed E-state index contributed by atoms with van der Waals surface area (Å²) in [6.45, 7) is 4.62. The lowest BCUT2D eigenvalue weighted by Crippen LogP contribution is -2.44. The fourth-order valence-electron chi connectivity index (χ4n) is 4.75. The molecule has 1 aliphatic carbocycles. The van der Waals surface area contributed by atoms with E-state index in [4.69, 9.17) is 4.74 Å². The maximum atomic E-state index is 13.1. The van der Waals surface area contributed by atoms with Crippen LogP contribution in [0.3, 0.4) is 0 Å². The zero-order valence-corrected chi connectivity index (χ0v) is 21.4. The first-order valence-electron chi connectivity index (χ1n) is 12.4. The predicted octanol–water partition coefficient (Wildman–Crippen LogP) is 5.32. The molecule has 6 rings (SSSR count). The highest BCUT2D eigenvalue weighted by molar-refractivity contribution is 7.14. The van der Waals surface area contributed by atoms with Crippen LogP contribution in [0.4, 0.5) is 0 Å². The Balaban J connectivity index is 1.23. The van der Waals surface area contributed by atoms with Crippen molar-refractivity contribution in [1.82, 2.24) is 30.0 Å². The van der Waals surface area contributed by atoms with Crippen molar-refractivity contribution in [2.24, 2.45) is 0 Å². The van der Waals surface area contributed by atoms with Crippen molar-refractivity contribution in [2.75, 3.05) is 6.61 Å². The second-order valence-electron chi connectivity index (χ2n) is 9.13. The molecule has 37 heavy (non-hydrogen) atoms. The molecule has 1 saturated carbocycles. The Morgan fingerprint density at radius 3 is 2.70 bits per heavy atom. The lowest BCUT2D eigenvalue weighted by Gasteiger charge is -2.35. The normalized spacial score (nSPS) is 16.9. The number of aromatic nitrogens is 5. The van der Waals surface area contributed by atoms with Crippen LogP contribution >= 0.6 is 11.3 Å². The lowest BCUT2D eigenvalue weighted by atomic mass is 9.79. The topological polar surface area (TPSA) is 94.8 Å². The SMILES string of the molecule is CCOc1ccc(-c2nnc([C@H]3C[C@H](NC(=O)c4cccc5cccnc45)C3)n2-c2ccc(C)s2)nc1. The summed E-state index contributed by atoms with van der Waals surface area (Å²) in [7, 11) is 0. The number of rotatable bonds is 7. The third-order valence-electron chi connectivity index (χ3n) is 6.63. The number of thiophene rings is 1. The molecule has 0 unspecified atom stereocenters. The summed E-state index contributed by atoms with van der Waals surface area (Å²) in [5.74, 6) is 2.41. The first-order valence-corrected chi connectivity index (χ1v) is 13.2. The summed E-state index contributed by atoms with van der Waals surface area (Å²) in [5, 5.41) is 14.3. The lowest BCUT2D eigenvalue weighted by molar-refractivity contribution is 0.0908. The summed E-state index contributed by atoms with van der Waals surface area (Å²) < 4.78 is 7.65. The van der Waals surface area contributed by atoms with Crippen LogP contribution in [0.15, 0.2) is 67.0 Å². The van der Waals surface area contributed by atoms with E-state index in [0.29, 0.717) is 18.0 Å². The van der Waals surface area contributed by atoms with Crippen LogP contribution < -0.4 is 10.1 Å². The van der Waals surface area contributed by atoms with Crippen molar-refractivity contribution in [1.29, 1.82) is 0 Å². The molecular formula is C28H26N6O2S. The van der Waals surface area contributed by atoms with E-state index in [0.717, 1.165) is 46.0 Å². The third kappa shape index (κ3) is 4.46. The van der Waals surface area contributed by atoms with E-state index in [1.54, 1.807) is 23.7 Å². The highest BCUT2D eigenvalue weighted by Crippen LogP contribution is 2.39. The molecule has 0 bridgehead atoms. The number of pyridine rings is 2. The minimum absolute atomic E-state index is 0.0683. The summed E-state index contributed by atoms with van der Waals surface area (Å²) in [5.41, 5.74) is 2.06. The molecule has 4 aromatic heterocycles. The first kappa shape index (κ1) is 23.3. The molecule has 5 aromatic rings. The van der Waals surface area contributed by atoms with Crippen LogP contribution in [-0.2, 0) is 0 Å². The van der Waals surface area contributed by atoms with Crippen LogP contribution in [-0.4, -0.2) is 43.3 Å². The van der Waals surface area contributed by atoms with Gasteiger partial charge in [0.2, 0.25) is 0 Å². The van der Waals surface area contributed by atoms with E-state index < -0.39 is 0 Å². The van der Waals surface area contributed by atoms with Crippen molar-refractivity contribution in [3.63, 3.8) is 0 Å². The van der Waals surface area contributed by atoms with E-state index in [-0.39, 0.29) is 17.9 Å². The monoisotopic (exact) mass is 510 g/mol. The molecule has 186 valence electrons. The van der Waals surface area contributed by atoms with Crippen LogP contribution in [0.5, 0.6) is 5.75 Å². The van der Waals surface area contributed by atoms with Gasteiger partial charge in [-0.15, -0.1) is 21.5 Å². The molecular weight excluding hydrogens is 484 g/mol. The molecule has 0 aliphatic heterocycles. The zero-order chi connectivity index (χ0) is 25.4. The van der Waals surface area contributed by atoms with Gasteiger partial charge in [-0.2, -0.15) is 0 Å². The number of benzene rings is 1. The highest BCUT2D eigenvalue weighted by atomic mass is 32.1. The third-order valence-corrected chi connectivity index (χ3v) is 7.61. The Kier molecular flexibility index (Phi) is 6.13. The smallest absolute Gasteiger partial charge is 0.253 e. The maximum absolute atomic E-state index is 13.1. The highest BCUT2D eigenvalue weighted by Gasteiger charge is 2.36. The van der Waals surface area contributed by atoms with Gasteiger partial charge in [0, 0.05) is 28.4 Å². The quantitative estimate of drug-likeness (QED) is 0.318. The number of ether oxygens (including phenoxy) is 1. The minimum Gasteiger partial charge on any atom is -0.492 e. The maximum Gasteiger partial charge on any atom is 0.253 e. The summed E-state index contributed by atoms with van der Waals surface area (Å²) in [4.78, 5) is 23.3. The molecule has 1 fully saturated rings. The molecule has 9 heteroatoms. The number of para-hydroxylation sites is 1. The number of carbonyl (C=O) groups excluding carboxylic acids is 1. The number of carbonyl (C=O) groups is 1. The van der Waals surface area contributed by atoms with E-state index in [1.165, 1.54) is 4.88 Å². The van der Waals surface area contributed by atoms with E-state index in [9.17, 15) is 4.79 Å². The van der Waals surface area contributed by atoms with Crippen molar-refractivity contribution < 1.29 is 9.53 Å². The summed E-state index contributed by atoms with van der Waals surface area (Å²) in [6.07, 6.45) is 5.02. The van der Waals surface area contributed by atoms with Crippen molar-refractivity contribution >= 4 is 28.1 Å². The Labute approximate surface area is 218 Å². The number of fused-ring (bicyclic) bond motifs is 1. The van der Waals surface area contributed by atoms with E-state index in [1.807, 2.05) is 49.4 Å². The average Bonchev–Trinajstić information content (AvgIpc) is 3.52. The van der Waals surface area contributed by atoms with Crippen LogP contribution in [0.25, 0.3) is 27.4 Å².